The number of fused-ring (bicyclic) bond motifs is 1. The second-order valence-electron chi connectivity index (χ2n) is 4.56. The molecule has 0 saturated carbocycles. The summed E-state index contributed by atoms with van der Waals surface area (Å²) in [4.78, 5) is 47.2. The van der Waals surface area contributed by atoms with Crippen molar-refractivity contribution in [3.63, 3.8) is 0 Å². The zero-order chi connectivity index (χ0) is 16.6. The standard InChI is InChI=1S/C12H8N6O5/c19-9(15-16-5-13-14-6-16)4-17-11(20)7-2-1-3-8(18(22)23)10(7)12(17)21/h1-3,5-6H,4H2,(H,15,19). The summed E-state index contributed by atoms with van der Waals surface area (Å²) in [6, 6.07) is 3.74. The van der Waals surface area contributed by atoms with Crippen molar-refractivity contribution in [1.29, 1.82) is 0 Å². The number of rotatable bonds is 4. The number of nitrogens with one attached hydrogen (secondary N) is 1. The molecule has 0 bridgehead atoms. The Hall–Kier alpha value is -3.63. The molecule has 3 rings (SSSR count). The predicted molar refractivity (Wildman–Crippen MR) is 72.9 cm³/mol. The minimum Gasteiger partial charge on any atom is -0.271 e. The van der Waals surface area contributed by atoms with Crippen molar-refractivity contribution in [2.45, 2.75) is 0 Å². The van der Waals surface area contributed by atoms with Crippen molar-refractivity contribution in [3.8, 4) is 0 Å². The van der Waals surface area contributed by atoms with Crippen LogP contribution < -0.4 is 5.43 Å². The molecule has 2 aromatic rings. The fraction of sp³-hybridized carbons (Fsp3) is 0.0833. The zero-order valence-electron chi connectivity index (χ0n) is 11.4. The molecule has 2 heterocycles. The zero-order valence-corrected chi connectivity index (χ0v) is 11.4. The molecule has 3 amide bonds. The van der Waals surface area contributed by atoms with E-state index in [2.05, 4.69) is 15.6 Å². The van der Waals surface area contributed by atoms with Crippen LogP contribution >= 0.6 is 0 Å². The number of benzene rings is 1. The normalized spacial score (nSPS) is 13.1. The van der Waals surface area contributed by atoms with Gasteiger partial charge in [0.1, 0.15) is 24.8 Å². The highest BCUT2D eigenvalue weighted by Gasteiger charge is 2.41. The Labute approximate surface area is 127 Å². The Balaban J connectivity index is 1.84. The third-order valence-corrected chi connectivity index (χ3v) is 3.15. The van der Waals surface area contributed by atoms with E-state index >= 15 is 0 Å². The molecule has 1 N–H and O–H groups in total. The number of imide groups is 1. The molecule has 1 aliphatic rings. The SMILES string of the molecule is O=C(CN1C(=O)c2cccc([N+](=O)[O-])c2C1=O)Nn1cnnc1. The number of hydrogen-bond donors (Lipinski definition) is 1. The molecule has 0 aliphatic carbocycles. The van der Waals surface area contributed by atoms with Crippen LogP contribution in [0.25, 0.3) is 0 Å². The Morgan fingerprint density at radius 2 is 1.91 bits per heavy atom. The van der Waals surface area contributed by atoms with Crippen molar-refractivity contribution in [2.75, 3.05) is 12.0 Å². The second kappa shape index (κ2) is 5.29. The van der Waals surface area contributed by atoms with Gasteiger partial charge in [0.15, 0.2) is 0 Å². The van der Waals surface area contributed by atoms with Crippen LogP contribution in [0.2, 0.25) is 0 Å². The quantitative estimate of drug-likeness (QED) is 0.457. The predicted octanol–water partition coefficient (Wildman–Crippen LogP) is -0.447. The molecule has 23 heavy (non-hydrogen) atoms. The number of amides is 3. The van der Waals surface area contributed by atoms with Crippen molar-refractivity contribution >= 4 is 23.4 Å². The first-order valence-electron chi connectivity index (χ1n) is 6.27. The summed E-state index contributed by atoms with van der Waals surface area (Å²) in [5, 5.41) is 17.9. The number of aromatic nitrogens is 3. The van der Waals surface area contributed by atoms with E-state index in [-0.39, 0.29) is 11.1 Å². The van der Waals surface area contributed by atoms with Gasteiger partial charge in [-0.3, -0.25) is 34.8 Å². The number of hydrogen-bond acceptors (Lipinski definition) is 7. The van der Waals surface area contributed by atoms with Crippen LogP contribution in [0.5, 0.6) is 0 Å². The molecule has 0 radical (unpaired) electrons. The van der Waals surface area contributed by atoms with Crippen LogP contribution in [-0.4, -0.2) is 49.0 Å². The molecule has 1 aromatic heterocycles. The molecule has 0 atom stereocenters. The first-order valence-corrected chi connectivity index (χ1v) is 6.27. The first-order chi connectivity index (χ1) is 11.0. The third kappa shape index (κ3) is 2.39. The highest BCUT2D eigenvalue weighted by molar-refractivity contribution is 6.24. The molecular weight excluding hydrogens is 308 g/mol. The minimum absolute atomic E-state index is 0.0960. The number of nitro groups is 1. The van der Waals surface area contributed by atoms with Crippen LogP contribution in [0, 0.1) is 10.1 Å². The third-order valence-electron chi connectivity index (χ3n) is 3.15. The average molecular weight is 316 g/mol. The van der Waals surface area contributed by atoms with E-state index in [1.165, 1.54) is 24.8 Å². The number of carbonyl (C=O) groups excluding carboxylic acids is 3. The minimum atomic E-state index is -0.879. The highest BCUT2D eigenvalue weighted by atomic mass is 16.6. The van der Waals surface area contributed by atoms with Gasteiger partial charge in [-0.25, -0.2) is 4.68 Å². The van der Waals surface area contributed by atoms with Gasteiger partial charge in [0, 0.05) is 6.07 Å². The Morgan fingerprint density at radius 3 is 2.57 bits per heavy atom. The van der Waals surface area contributed by atoms with Gasteiger partial charge in [-0.15, -0.1) is 10.2 Å². The molecule has 11 heteroatoms. The van der Waals surface area contributed by atoms with Gasteiger partial charge < -0.3 is 0 Å². The maximum atomic E-state index is 12.3. The van der Waals surface area contributed by atoms with Crippen molar-refractivity contribution in [1.82, 2.24) is 19.8 Å². The van der Waals surface area contributed by atoms with Crippen LogP contribution in [0.4, 0.5) is 5.69 Å². The van der Waals surface area contributed by atoms with Crippen LogP contribution in [-0.2, 0) is 4.79 Å². The van der Waals surface area contributed by atoms with Crippen molar-refractivity contribution < 1.29 is 19.3 Å². The van der Waals surface area contributed by atoms with E-state index in [0.717, 1.165) is 10.7 Å². The summed E-state index contributed by atoms with van der Waals surface area (Å²) in [7, 11) is 0. The summed E-state index contributed by atoms with van der Waals surface area (Å²) in [5.74, 6) is -2.31. The molecule has 0 saturated heterocycles. The number of nitro benzene ring substituents is 1. The van der Waals surface area contributed by atoms with Gasteiger partial charge in [0.2, 0.25) is 0 Å². The molecule has 0 unspecified atom stereocenters. The highest BCUT2D eigenvalue weighted by Crippen LogP contribution is 2.30. The van der Waals surface area contributed by atoms with Gasteiger partial charge in [-0.05, 0) is 6.07 Å². The summed E-state index contributed by atoms with van der Waals surface area (Å²) >= 11 is 0. The Kier molecular flexibility index (Phi) is 3.29. The fourth-order valence-corrected chi connectivity index (χ4v) is 2.19. The summed E-state index contributed by atoms with van der Waals surface area (Å²) < 4.78 is 1.14. The van der Waals surface area contributed by atoms with E-state index in [1.54, 1.807) is 0 Å². The number of nitrogens with zero attached hydrogens (tertiary/aromatic N) is 5. The summed E-state index contributed by atoms with van der Waals surface area (Å²) in [6.07, 6.45) is 2.43. The Bertz CT molecular complexity index is 830. The van der Waals surface area contributed by atoms with Gasteiger partial charge >= 0.3 is 0 Å². The van der Waals surface area contributed by atoms with Gasteiger partial charge in [0.05, 0.1) is 10.5 Å². The van der Waals surface area contributed by atoms with Crippen LogP contribution in [0.3, 0.4) is 0 Å². The largest absolute Gasteiger partial charge is 0.282 e. The Morgan fingerprint density at radius 1 is 1.22 bits per heavy atom. The van der Waals surface area contributed by atoms with Crippen molar-refractivity contribution in [3.05, 3.63) is 52.1 Å². The van der Waals surface area contributed by atoms with Gasteiger partial charge in [0.25, 0.3) is 23.4 Å². The van der Waals surface area contributed by atoms with Gasteiger partial charge in [-0.2, -0.15) is 0 Å². The topological polar surface area (TPSA) is 140 Å². The monoisotopic (exact) mass is 316 g/mol. The van der Waals surface area contributed by atoms with E-state index in [0.29, 0.717) is 4.90 Å². The molecular formula is C12H8N6O5. The van der Waals surface area contributed by atoms with E-state index in [4.69, 9.17) is 0 Å². The second-order valence-corrected chi connectivity index (χ2v) is 4.56. The summed E-state index contributed by atoms with van der Waals surface area (Å²) in [6.45, 7) is -0.582. The molecule has 0 spiro atoms. The average Bonchev–Trinajstić information content (AvgIpc) is 3.10. The lowest BCUT2D eigenvalue weighted by Gasteiger charge is -2.13. The fourth-order valence-electron chi connectivity index (χ4n) is 2.19. The van der Waals surface area contributed by atoms with Gasteiger partial charge in [-0.1, -0.05) is 6.07 Å². The number of carbonyl (C=O) groups is 3. The van der Waals surface area contributed by atoms with Crippen molar-refractivity contribution in [2.24, 2.45) is 0 Å². The molecule has 1 aromatic carbocycles. The van der Waals surface area contributed by atoms with Crippen LogP contribution in [0.15, 0.2) is 30.9 Å². The van der Waals surface area contributed by atoms with Crippen LogP contribution in [0.1, 0.15) is 20.7 Å². The maximum absolute atomic E-state index is 12.3. The molecule has 116 valence electrons. The molecule has 11 nitrogen and oxygen atoms in total. The first kappa shape index (κ1) is 14.3. The van der Waals surface area contributed by atoms with E-state index in [9.17, 15) is 24.5 Å². The lowest BCUT2D eigenvalue weighted by atomic mass is 10.1. The van der Waals surface area contributed by atoms with E-state index < -0.39 is 34.9 Å². The lowest BCUT2D eigenvalue weighted by Crippen LogP contribution is -2.39. The molecule has 1 aliphatic heterocycles. The maximum Gasteiger partial charge on any atom is 0.282 e. The molecule has 0 fully saturated rings. The smallest absolute Gasteiger partial charge is 0.271 e. The lowest BCUT2D eigenvalue weighted by molar-refractivity contribution is -0.385. The van der Waals surface area contributed by atoms with E-state index in [1.807, 2.05) is 0 Å². The summed E-state index contributed by atoms with van der Waals surface area (Å²) in [5.41, 5.74) is 1.46.